The predicted molar refractivity (Wildman–Crippen MR) is 89.2 cm³/mol. The molecule has 0 aromatic heterocycles. The van der Waals surface area contributed by atoms with E-state index < -0.39 is 23.4 Å². The van der Waals surface area contributed by atoms with E-state index in [1.54, 1.807) is 18.2 Å². The van der Waals surface area contributed by atoms with E-state index in [0.717, 1.165) is 5.56 Å². The topological polar surface area (TPSA) is 67.8 Å². The molecule has 2 atom stereocenters. The van der Waals surface area contributed by atoms with Crippen LogP contribution in [-0.4, -0.2) is 31.0 Å². The monoisotopic (exact) mass is 345 g/mol. The first-order valence-electron chi connectivity index (χ1n) is 8.08. The Labute approximate surface area is 145 Å². The molecule has 1 saturated heterocycles. The molecule has 1 amide bonds. The van der Waals surface area contributed by atoms with Gasteiger partial charge in [-0.2, -0.15) is 0 Å². The molecular formula is C19H20FNO4. The summed E-state index contributed by atoms with van der Waals surface area (Å²) >= 11 is 0. The van der Waals surface area contributed by atoms with Gasteiger partial charge in [-0.25, -0.2) is 9.18 Å². The fourth-order valence-corrected chi connectivity index (χ4v) is 3.10. The Morgan fingerprint density at radius 3 is 2.68 bits per heavy atom. The number of benzene rings is 2. The van der Waals surface area contributed by atoms with Gasteiger partial charge in [0.15, 0.2) is 0 Å². The molecule has 5 nitrogen and oxygen atoms in total. The van der Waals surface area contributed by atoms with Crippen molar-refractivity contribution < 1.29 is 23.8 Å². The Hall–Kier alpha value is -2.44. The van der Waals surface area contributed by atoms with Crippen LogP contribution in [0.25, 0.3) is 0 Å². The van der Waals surface area contributed by atoms with Gasteiger partial charge in [0.25, 0.3) is 0 Å². The second-order valence-electron chi connectivity index (χ2n) is 6.03. The van der Waals surface area contributed by atoms with E-state index >= 15 is 0 Å². The maximum atomic E-state index is 14.4. The normalized spacial score (nSPS) is 22.6. The van der Waals surface area contributed by atoms with Crippen LogP contribution in [0, 0.1) is 11.7 Å². The van der Waals surface area contributed by atoms with Crippen molar-refractivity contribution in [2.45, 2.75) is 12.1 Å². The molecule has 0 saturated carbocycles. The maximum Gasteiger partial charge on any atom is 0.408 e. The quantitative estimate of drug-likeness (QED) is 0.874. The first-order valence-corrected chi connectivity index (χ1v) is 8.08. The SMILES string of the molecule is O=C(N[C@@]1(c2ccccc2F)COC[C@H]1CO)OCc1ccccc1. The van der Waals surface area contributed by atoms with Crippen molar-refractivity contribution in [3.05, 3.63) is 71.5 Å². The van der Waals surface area contributed by atoms with Crippen LogP contribution in [-0.2, 0) is 21.6 Å². The molecule has 0 unspecified atom stereocenters. The highest BCUT2D eigenvalue weighted by Crippen LogP contribution is 2.37. The molecule has 1 aliphatic rings. The van der Waals surface area contributed by atoms with Crippen molar-refractivity contribution in [1.82, 2.24) is 5.32 Å². The third-order valence-corrected chi connectivity index (χ3v) is 4.46. The molecule has 0 spiro atoms. The minimum absolute atomic E-state index is 0.0690. The van der Waals surface area contributed by atoms with Gasteiger partial charge in [-0.1, -0.05) is 48.5 Å². The van der Waals surface area contributed by atoms with Crippen LogP contribution in [0.3, 0.4) is 0 Å². The fraction of sp³-hybridized carbons (Fsp3) is 0.316. The Kier molecular flexibility index (Phi) is 5.31. The molecule has 3 rings (SSSR count). The summed E-state index contributed by atoms with van der Waals surface area (Å²) < 4.78 is 25.1. The van der Waals surface area contributed by atoms with E-state index in [1.165, 1.54) is 6.07 Å². The highest BCUT2D eigenvalue weighted by Gasteiger charge is 2.48. The maximum absolute atomic E-state index is 14.4. The van der Waals surface area contributed by atoms with Gasteiger partial charge < -0.3 is 19.9 Å². The number of carbonyl (C=O) groups is 1. The average molecular weight is 345 g/mol. The van der Waals surface area contributed by atoms with E-state index in [0.29, 0.717) is 0 Å². The van der Waals surface area contributed by atoms with Gasteiger partial charge in [0.1, 0.15) is 18.0 Å². The van der Waals surface area contributed by atoms with Gasteiger partial charge in [0.2, 0.25) is 0 Å². The molecule has 0 radical (unpaired) electrons. The molecule has 1 fully saturated rings. The zero-order valence-corrected chi connectivity index (χ0v) is 13.7. The number of amides is 1. The number of hydrogen-bond donors (Lipinski definition) is 2. The highest BCUT2D eigenvalue weighted by atomic mass is 19.1. The second kappa shape index (κ2) is 7.63. The number of ether oxygens (including phenoxy) is 2. The molecular weight excluding hydrogens is 325 g/mol. The van der Waals surface area contributed by atoms with Crippen molar-refractivity contribution in [3.63, 3.8) is 0 Å². The predicted octanol–water partition coefficient (Wildman–Crippen LogP) is 2.59. The summed E-state index contributed by atoms with van der Waals surface area (Å²) in [6, 6.07) is 15.4. The molecule has 2 aromatic carbocycles. The van der Waals surface area contributed by atoms with Crippen molar-refractivity contribution in [2.75, 3.05) is 19.8 Å². The number of carbonyl (C=O) groups excluding carboxylic acids is 1. The summed E-state index contributed by atoms with van der Waals surface area (Å²) in [5, 5.41) is 12.4. The zero-order valence-electron chi connectivity index (χ0n) is 13.7. The summed E-state index contributed by atoms with van der Waals surface area (Å²) in [5.74, 6) is -0.927. The lowest BCUT2D eigenvalue weighted by atomic mass is 9.80. The highest BCUT2D eigenvalue weighted by molar-refractivity contribution is 5.69. The van der Waals surface area contributed by atoms with Gasteiger partial charge in [0, 0.05) is 11.5 Å². The van der Waals surface area contributed by atoms with Crippen molar-refractivity contribution in [2.24, 2.45) is 5.92 Å². The fourth-order valence-electron chi connectivity index (χ4n) is 3.10. The van der Waals surface area contributed by atoms with Gasteiger partial charge >= 0.3 is 6.09 Å². The van der Waals surface area contributed by atoms with Gasteiger partial charge in [0.05, 0.1) is 19.8 Å². The molecule has 0 bridgehead atoms. The van der Waals surface area contributed by atoms with E-state index in [-0.39, 0.29) is 32.0 Å². The Morgan fingerprint density at radius 2 is 1.96 bits per heavy atom. The van der Waals surface area contributed by atoms with E-state index in [9.17, 15) is 14.3 Å². The summed E-state index contributed by atoms with van der Waals surface area (Å²) in [5.41, 5.74) is -0.0318. The average Bonchev–Trinajstić information content (AvgIpc) is 3.04. The summed E-state index contributed by atoms with van der Waals surface area (Å²) in [7, 11) is 0. The lowest BCUT2D eigenvalue weighted by Crippen LogP contribution is -2.52. The summed E-state index contributed by atoms with van der Waals surface area (Å²) in [6.45, 7) is 0.154. The van der Waals surface area contributed by atoms with Crippen LogP contribution < -0.4 is 5.32 Å². The van der Waals surface area contributed by atoms with Crippen LogP contribution in [0.1, 0.15) is 11.1 Å². The second-order valence-corrected chi connectivity index (χ2v) is 6.03. The number of hydrogen-bond acceptors (Lipinski definition) is 4. The molecule has 1 heterocycles. The third kappa shape index (κ3) is 3.65. The third-order valence-electron chi connectivity index (χ3n) is 4.46. The zero-order chi connectivity index (χ0) is 17.7. The molecule has 2 N–H and O–H groups in total. The van der Waals surface area contributed by atoms with Crippen LogP contribution in [0.2, 0.25) is 0 Å². The first-order chi connectivity index (χ1) is 12.2. The molecule has 1 aliphatic heterocycles. The number of halogens is 1. The number of aliphatic hydroxyl groups excluding tert-OH is 1. The Morgan fingerprint density at radius 1 is 1.24 bits per heavy atom. The van der Waals surface area contributed by atoms with Crippen LogP contribution in [0.15, 0.2) is 54.6 Å². The first kappa shape index (κ1) is 17.4. The smallest absolute Gasteiger partial charge is 0.408 e. The lowest BCUT2D eigenvalue weighted by Gasteiger charge is -2.34. The number of alkyl carbamates (subject to hydrolysis) is 1. The van der Waals surface area contributed by atoms with Crippen LogP contribution in [0.4, 0.5) is 9.18 Å². The van der Waals surface area contributed by atoms with E-state index in [4.69, 9.17) is 9.47 Å². The van der Waals surface area contributed by atoms with Gasteiger partial charge in [-0.05, 0) is 11.6 Å². The molecule has 25 heavy (non-hydrogen) atoms. The number of aliphatic hydroxyl groups is 1. The number of rotatable bonds is 5. The Bertz CT molecular complexity index is 724. The van der Waals surface area contributed by atoms with Gasteiger partial charge in [-0.3, -0.25) is 0 Å². The molecule has 2 aromatic rings. The largest absolute Gasteiger partial charge is 0.445 e. The van der Waals surface area contributed by atoms with Crippen molar-refractivity contribution >= 4 is 6.09 Å². The molecule has 6 heteroatoms. The lowest BCUT2D eigenvalue weighted by molar-refractivity contribution is 0.105. The van der Waals surface area contributed by atoms with E-state index in [2.05, 4.69) is 5.32 Å². The summed E-state index contributed by atoms with van der Waals surface area (Å²) in [6.07, 6.45) is -0.684. The van der Waals surface area contributed by atoms with Crippen LogP contribution >= 0.6 is 0 Å². The Balaban J connectivity index is 1.79. The van der Waals surface area contributed by atoms with Crippen LogP contribution in [0.5, 0.6) is 0 Å². The minimum Gasteiger partial charge on any atom is -0.445 e. The van der Waals surface area contributed by atoms with Crippen molar-refractivity contribution in [1.29, 1.82) is 0 Å². The molecule has 0 aliphatic carbocycles. The minimum atomic E-state index is -1.16. The number of nitrogens with one attached hydrogen (secondary N) is 1. The molecule has 132 valence electrons. The van der Waals surface area contributed by atoms with E-state index in [1.807, 2.05) is 30.3 Å². The standard InChI is InChI=1S/C19H20FNO4/c20-17-9-5-4-8-16(17)19(13-24-12-15(19)10-22)21-18(23)25-11-14-6-2-1-3-7-14/h1-9,15,22H,10-13H2,(H,21,23)/t15-,19+/m1/s1. The van der Waals surface area contributed by atoms with Gasteiger partial charge in [-0.15, -0.1) is 0 Å². The van der Waals surface area contributed by atoms with Crippen molar-refractivity contribution in [3.8, 4) is 0 Å². The summed E-state index contributed by atoms with van der Waals surface area (Å²) in [4.78, 5) is 12.3.